The van der Waals surface area contributed by atoms with Gasteiger partial charge in [0.1, 0.15) is 5.82 Å². The number of hydrogen-bond acceptors (Lipinski definition) is 4. The van der Waals surface area contributed by atoms with Crippen LogP contribution in [0.25, 0.3) is 10.9 Å². The topological polar surface area (TPSA) is 58.4 Å². The fraction of sp³-hybridized carbons (Fsp3) is 0.318. The van der Waals surface area contributed by atoms with Crippen molar-refractivity contribution >= 4 is 28.4 Å². The molecule has 2 aromatic carbocycles. The zero-order chi connectivity index (χ0) is 20.5. The van der Waals surface area contributed by atoms with Gasteiger partial charge in [-0.15, -0.1) is 0 Å². The van der Waals surface area contributed by atoms with Crippen LogP contribution in [0.2, 0.25) is 5.02 Å². The van der Waals surface area contributed by atoms with Crippen LogP contribution in [-0.2, 0) is 7.05 Å². The summed E-state index contributed by atoms with van der Waals surface area (Å²) >= 11 is 6.03. The molecule has 0 bridgehead atoms. The van der Waals surface area contributed by atoms with Crippen LogP contribution < -0.4 is 5.56 Å². The molecule has 29 heavy (non-hydrogen) atoms. The van der Waals surface area contributed by atoms with E-state index in [0.29, 0.717) is 40.4 Å². The molecule has 7 heteroatoms. The van der Waals surface area contributed by atoms with Gasteiger partial charge in [-0.3, -0.25) is 19.1 Å². The minimum absolute atomic E-state index is 0.0400. The third-order valence-corrected chi connectivity index (χ3v) is 5.85. The zero-order valence-corrected chi connectivity index (χ0v) is 17.3. The molecule has 1 atom stereocenters. The van der Waals surface area contributed by atoms with Crippen LogP contribution in [0, 0.1) is 0 Å². The first-order valence-corrected chi connectivity index (χ1v) is 10.1. The summed E-state index contributed by atoms with van der Waals surface area (Å²) in [5, 5.41) is 1.05. The highest BCUT2D eigenvalue weighted by Gasteiger charge is 2.27. The SMILES string of the molecule is CC(c1nc2ccc(Cl)cc2c(=O)n1C)N1CCN(C(=O)c2ccccc2)CC1. The molecule has 3 aromatic rings. The molecular weight excluding hydrogens is 388 g/mol. The van der Waals surface area contributed by atoms with Gasteiger partial charge < -0.3 is 4.90 Å². The monoisotopic (exact) mass is 410 g/mol. The number of nitrogens with zero attached hydrogens (tertiary/aromatic N) is 4. The quantitative estimate of drug-likeness (QED) is 0.665. The Balaban J connectivity index is 1.52. The van der Waals surface area contributed by atoms with Gasteiger partial charge in [0.2, 0.25) is 0 Å². The van der Waals surface area contributed by atoms with E-state index < -0.39 is 0 Å². The molecule has 0 saturated carbocycles. The van der Waals surface area contributed by atoms with E-state index in [2.05, 4.69) is 11.8 Å². The predicted octanol–water partition coefficient (Wildman–Crippen LogP) is 3.11. The molecule has 0 N–H and O–H groups in total. The molecule has 4 rings (SSSR count). The fourth-order valence-corrected chi connectivity index (χ4v) is 4.04. The standard InChI is InChI=1S/C22H23ClN4O2/c1-15(20-24-19-9-8-17(23)14-18(19)22(29)25(20)2)26-10-12-27(13-11-26)21(28)16-6-4-3-5-7-16/h3-9,14-15H,10-13H2,1-2H3. The maximum Gasteiger partial charge on any atom is 0.261 e. The van der Waals surface area contributed by atoms with Crippen LogP contribution in [-0.4, -0.2) is 51.4 Å². The molecule has 0 spiro atoms. The Labute approximate surface area is 174 Å². The average Bonchev–Trinajstić information content (AvgIpc) is 2.76. The molecule has 150 valence electrons. The van der Waals surface area contributed by atoms with E-state index in [1.807, 2.05) is 35.2 Å². The number of piperazine rings is 1. The van der Waals surface area contributed by atoms with Gasteiger partial charge in [0.25, 0.3) is 11.5 Å². The van der Waals surface area contributed by atoms with E-state index in [1.54, 1.807) is 29.8 Å². The number of amides is 1. The van der Waals surface area contributed by atoms with Crippen LogP contribution >= 0.6 is 11.6 Å². The Morgan fingerprint density at radius 3 is 2.45 bits per heavy atom. The lowest BCUT2D eigenvalue weighted by Gasteiger charge is -2.38. The molecule has 1 unspecified atom stereocenters. The van der Waals surface area contributed by atoms with Gasteiger partial charge in [-0.25, -0.2) is 4.98 Å². The number of carbonyl (C=O) groups excluding carboxylic acids is 1. The van der Waals surface area contributed by atoms with E-state index in [-0.39, 0.29) is 17.5 Å². The molecule has 0 aliphatic carbocycles. The van der Waals surface area contributed by atoms with Gasteiger partial charge in [0.05, 0.1) is 16.9 Å². The van der Waals surface area contributed by atoms with Crippen molar-refractivity contribution in [2.45, 2.75) is 13.0 Å². The van der Waals surface area contributed by atoms with E-state index >= 15 is 0 Å². The summed E-state index contributed by atoms with van der Waals surface area (Å²) in [4.78, 5) is 34.3. The Hall–Kier alpha value is -2.70. The first kappa shape index (κ1) is 19.6. The average molecular weight is 411 g/mol. The van der Waals surface area contributed by atoms with Gasteiger partial charge in [0, 0.05) is 43.8 Å². The summed E-state index contributed by atoms with van der Waals surface area (Å²) in [5.74, 6) is 0.777. The van der Waals surface area contributed by atoms with Gasteiger partial charge in [0.15, 0.2) is 0 Å². The molecule has 2 heterocycles. The maximum atomic E-state index is 12.8. The van der Waals surface area contributed by atoms with Gasteiger partial charge in [-0.1, -0.05) is 29.8 Å². The first-order chi connectivity index (χ1) is 14.0. The van der Waals surface area contributed by atoms with E-state index in [1.165, 1.54) is 0 Å². The number of halogens is 1. The van der Waals surface area contributed by atoms with Crippen molar-refractivity contribution in [1.29, 1.82) is 0 Å². The Morgan fingerprint density at radius 1 is 1.07 bits per heavy atom. The molecule has 1 aliphatic rings. The second-order valence-corrected chi connectivity index (χ2v) is 7.80. The molecule has 6 nitrogen and oxygen atoms in total. The maximum absolute atomic E-state index is 12.8. The number of aromatic nitrogens is 2. The lowest BCUT2D eigenvalue weighted by atomic mass is 10.1. The lowest BCUT2D eigenvalue weighted by molar-refractivity contribution is 0.0572. The number of rotatable bonds is 3. The van der Waals surface area contributed by atoms with Gasteiger partial charge >= 0.3 is 0 Å². The highest BCUT2D eigenvalue weighted by atomic mass is 35.5. The summed E-state index contributed by atoms with van der Waals surface area (Å²) in [6.45, 7) is 4.81. The fourth-order valence-electron chi connectivity index (χ4n) is 3.87. The van der Waals surface area contributed by atoms with Crippen molar-refractivity contribution in [3.63, 3.8) is 0 Å². The minimum Gasteiger partial charge on any atom is -0.336 e. The van der Waals surface area contributed by atoms with E-state index in [4.69, 9.17) is 16.6 Å². The highest BCUT2D eigenvalue weighted by Crippen LogP contribution is 2.22. The summed E-state index contributed by atoms with van der Waals surface area (Å²) < 4.78 is 1.60. The molecule has 1 saturated heterocycles. The Bertz CT molecular complexity index is 1100. The summed E-state index contributed by atoms with van der Waals surface area (Å²) in [5.41, 5.74) is 1.26. The number of fused-ring (bicyclic) bond motifs is 1. The lowest BCUT2D eigenvalue weighted by Crippen LogP contribution is -2.49. The molecule has 1 fully saturated rings. The van der Waals surface area contributed by atoms with E-state index in [9.17, 15) is 9.59 Å². The zero-order valence-electron chi connectivity index (χ0n) is 16.5. The third-order valence-electron chi connectivity index (χ3n) is 5.62. The highest BCUT2D eigenvalue weighted by molar-refractivity contribution is 6.31. The molecule has 0 radical (unpaired) electrons. The summed E-state index contributed by atoms with van der Waals surface area (Å²) in [6.07, 6.45) is 0. The van der Waals surface area contributed by atoms with Crippen molar-refractivity contribution in [2.24, 2.45) is 7.05 Å². The number of carbonyl (C=O) groups is 1. The molecule has 1 aliphatic heterocycles. The van der Waals surface area contributed by atoms with Crippen LogP contribution in [0.3, 0.4) is 0 Å². The third kappa shape index (κ3) is 3.78. The van der Waals surface area contributed by atoms with Crippen molar-refractivity contribution < 1.29 is 4.79 Å². The first-order valence-electron chi connectivity index (χ1n) is 9.70. The van der Waals surface area contributed by atoms with Crippen molar-refractivity contribution in [3.05, 3.63) is 75.3 Å². The van der Waals surface area contributed by atoms with Crippen molar-refractivity contribution in [2.75, 3.05) is 26.2 Å². The van der Waals surface area contributed by atoms with Gasteiger partial charge in [-0.2, -0.15) is 0 Å². The number of hydrogen-bond donors (Lipinski definition) is 0. The molecule has 1 amide bonds. The van der Waals surface area contributed by atoms with Gasteiger partial charge in [-0.05, 0) is 37.3 Å². The normalized spacial score (nSPS) is 16.2. The predicted molar refractivity (Wildman–Crippen MR) is 114 cm³/mol. The largest absolute Gasteiger partial charge is 0.336 e. The van der Waals surface area contributed by atoms with Crippen LogP contribution in [0.5, 0.6) is 0 Å². The summed E-state index contributed by atoms with van der Waals surface area (Å²) in [6, 6.07) is 14.5. The number of benzene rings is 2. The Kier molecular flexibility index (Phi) is 5.39. The second-order valence-electron chi connectivity index (χ2n) is 7.37. The van der Waals surface area contributed by atoms with Crippen LogP contribution in [0.15, 0.2) is 53.3 Å². The van der Waals surface area contributed by atoms with Crippen molar-refractivity contribution in [1.82, 2.24) is 19.4 Å². The smallest absolute Gasteiger partial charge is 0.261 e. The second kappa shape index (κ2) is 7.97. The molecular formula is C22H23ClN4O2. The minimum atomic E-state index is -0.0998. The van der Waals surface area contributed by atoms with Crippen molar-refractivity contribution in [3.8, 4) is 0 Å². The molecule has 1 aromatic heterocycles. The van der Waals surface area contributed by atoms with Crippen LogP contribution in [0.1, 0.15) is 29.1 Å². The Morgan fingerprint density at radius 2 is 1.76 bits per heavy atom. The van der Waals surface area contributed by atoms with E-state index in [0.717, 1.165) is 13.1 Å². The van der Waals surface area contributed by atoms with Crippen LogP contribution in [0.4, 0.5) is 0 Å². The summed E-state index contributed by atoms with van der Waals surface area (Å²) in [7, 11) is 1.75.